The van der Waals surface area contributed by atoms with Crippen LogP contribution >= 0.6 is 0 Å². The highest BCUT2D eigenvalue weighted by Gasteiger charge is 2.20. The zero-order chi connectivity index (χ0) is 33.0. The Morgan fingerprint density at radius 3 is 1.92 bits per heavy atom. The largest absolute Gasteiger partial charge is 0.308 e. The third kappa shape index (κ3) is 4.45. The van der Waals surface area contributed by atoms with Crippen molar-refractivity contribution in [3.05, 3.63) is 176 Å². The van der Waals surface area contributed by atoms with E-state index in [9.17, 15) is 0 Å². The summed E-state index contributed by atoms with van der Waals surface area (Å²) in [6.45, 7) is 0. The van der Waals surface area contributed by atoms with Crippen molar-refractivity contribution in [3.63, 3.8) is 0 Å². The number of fused-ring (bicyclic) bond motifs is 6. The Labute approximate surface area is 288 Å². The van der Waals surface area contributed by atoms with Crippen molar-refractivity contribution in [1.82, 2.24) is 24.1 Å². The van der Waals surface area contributed by atoms with Crippen molar-refractivity contribution in [3.8, 4) is 45.3 Å². The van der Waals surface area contributed by atoms with Crippen molar-refractivity contribution < 1.29 is 0 Å². The van der Waals surface area contributed by atoms with Crippen LogP contribution in [0.3, 0.4) is 0 Å². The zero-order valence-electron chi connectivity index (χ0n) is 27.0. The van der Waals surface area contributed by atoms with E-state index in [0.717, 1.165) is 72.4 Å². The van der Waals surface area contributed by atoms with Gasteiger partial charge in [-0.05, 0) is 48.0 Å². The summed E-state index contributed by atoms with van der Waals surface area (Å²) in [7, 11) is 0. The molecular formula is C45H29N5. The molecule has 5 heteroatoms. The summed E-state index contributed by atoms with van der Waals surface area (Å²) in [4.78, 5) is 15.2. The first-order chi connectivity index (χ1) is 24.8. The Bertz CT molecular complexity index is 2800. The minimum absolute atomic E-state index is 0.687. The van der Waals surface area contributed by atoms with Gasteiger partial charge in [-0.25, -0.2) is 9.97 Å². The lowest BCUT2D eigenvalue weighted by Gasteiger charge is -2.14. The molecule has 0 aliphatic carbocycles. The van der Waals surface area contributed by atoms with E-state index < -0.39 is 0 Å². The number of para-hydroxylation sites is 3. The number of rotatable bonds is 5. The van der Waals surface area contributed by atoms with Gasteiger partial charge in [0.15, 0.2) is 5.82 Å². The lowest BCUT2D eigenvalue weighted by atomic mass is 10.0. The second-order valence-corrected chi connectivity index (χ2v) is 12.5. The Morgan fingerprint density at radius 1 is 0.420 bits per heavy atom. The van der Waals surface area contributed by atoms with E-state index in [1.54, 1.807) is 0 Å². The van der Waals surface area contributed by atoms with Crippen LogP contribution in [0.1, 0.15) is 0 Å². The van der Waals surface area contributed by atoms with Gasteiger partial charge in [0.05, 0.1) is 33.3 Å². The van der Waals surface area contributed by atoms with E-state index in [0.29, 0.717) is 5.82 Å². The number of hydrogen-bond donors (Lipinski definition) is 0. The molecule has 6 aromatic carbocycles. The molecular weight excluding hydrogens is 611 g/mol. The van der Waals surface area contributed by atoms with Crippen LogP contribution in [0.15, 0.2) is 176 Å². The normalized spacial score (nSPS) is 11.6. The summed E-state index contributed by atoms with van der Waals surface area (Å²) in [5, 5.41) is 3.46. The van der Waals surface area contributed by atoms with Crippen LogP contribution in [0.2, 0.25) is 0 Å². The highest BCUT2D eigenvalue weighted by molar-refractivity contribution is 6.15. The Balaban J connectivity index is 1.27. The molecule has 4 aromatic heterocycles. The molecule has 0 fully saturated rings. The van der Waals surface area contributed by atoms with Crippen LogP contribution in [0.25, 0.3) is 89.0 Å². The highest BCUT2D eigenvalue weighted by Crippen LogP contribution is 2.40. The van der Waals surface area contributed by atoms with Crippen molar-refractivity contribution >= 4 is 43.7 Å². The molecule has 0 saturated carbocycles. The van der Waals surface area contributed by atoms with Crippen LogP contribution in [-0.2, 0) is 0 Å². The fourth-order valence-electron chi connectivity index (χ4n) is 7.37. The fraction of sp³-hybridized carbons (Fsp3) is 0. The van der Waals surface area contributed by atoms with Gasteiger partial charge in [0, 0.05) is 50.8 Å². The first-order valence-electron chi connectivity index (χ1n) is 16.8. The van der Waals surface area contributed by atoms with E-state index >= 15 is 0 Å². The highest BCUT2D eigenvalue weighted by atomic mass is 15.1. The number of nitrogens with zero attached hydrogens (tertiary/aromatic N) is 5. The summed E-state index contributed by atoms with van der Waals surface area (Å²) in [6.07, 6.45) is 1.88. The molecule has 50 heavy (non-hydrogen) atoms. The monoisotopic (exact) mass is 639 g/mol. The summed E-state index contributed by atoms with van der Waals surface area (Å²) in [6, 6.07) is 59.3. The van der Waals surface area contributed by atoms with Gasteiger partial charge in [-0.1, -0.05) is 121 Å². The molecule has 0 amide bonds. The molecule has 0 aliphatic rings. The van der Waals surface area contributed by atoms with Crippen LogP contribution in [0.4, 0.5) is 0 Å². The van der Waals surface area contributed by atoms with E-state index in [1.807, 2.05) is 36.5 Å². The van der Waals surface area contributed by atoms with Crippen LogP contribution < -0.4 is 0 Å². The molecule has 0 radical (unpaired) electrons. The summed E-state index contributed by atoms with van der Waals surface area (Å²) >= 11 is 0. The van der Waals surface area contributed by atoms with Gasteiger partial charge in [-0.2, -0.15) is 0 Å². The van der Waals surface area contributed by atoms with Crippen molar-refractivity contribution in [2.75, 3.05) is 0 Å². The molecule has 0 atom stereocenters. The minimum Gasteiger partial charge on any atom is -0.308 e. The average Bonchev–Trinajstić information content (AvgIpc) is 3.71. The molecule has 0 spiro atoms. The van der Waals surface area contributed by atoms with E-state index in [1.165, 1.54) is 10.8 Å². The lowest BCUT2D eigenvalue weighted by molar-refractivity contribution is 1.05. The Morgan fingerprint density at radius 2 is 1.10 bits per heavy atom. The Hall–Kier alpha value is -6.85. The molecule has 10 aromatic rings. The maximum absolute atomic E-state index is 5.27. The van der Waals surface area contributed by atoms with Gasteiger partial charge >= 0.3 is 0 Å². The first-order valence-corrected chi connectivity index (χ1v) is 16.8. The van der Waals surface area contributed by atoms with Gasteiger partial charge < -0.3 is 4.57 Å². The maximum Gasteiger partial charge on any atom is 0.162 e. The number of benzene rings is 6. The first kappa shape index (κ1) is 28.2. The number of aromatic nitrogens is 5. The molecule has 10 rings (SSSR count). The van der Waals surface area contributed by atoms with Crippen molar-refractivity contribution in [2.45, 2.75) is 0 Å². The third-order valence-corrected chi connectivity index (χ3v) is 9.58. The quantitative estimate of drug-likeness (QED) is 0.188. The van der Waals surface area contributed by atoms with E-state index in [4.69, 9.17) is 15.0 Å². The van der Waals surface area contributed by atoms with Crippen molar-refractivity contribution in [2.24, 2.45) is 0 Å². The summed E-state index contributed by atoms with van der Waals surface area (Å²) in [5.41, 5.74) is 11.6. The molecule has 0 N–H and O–H groups in total. The molecule has 5 nitrogen and oxygen atoms in total. The summed E-state index contributed by atoms with van der Waals surface area (Å²) in [5.74, 6) is 1.51. The third-order valence-electron chi connectivity index (χ3n) is 9.58. The SMILES string of the molecule is c1ccc(-c2cc(-n3c4ccccc4c4cccc(-c5ccc6c(c5)c5ncccc5n6-c5ccccc5)c43)nc(-c3ccccc3)n2)cc1. The van der Waals surface area contributed by atoms with Gasteiger partial charge in [-0.3, -0.25) is 9.55 Å². The van der Waals surface area contributed by atoms with Gasteiger partial charge in [0.2, 0.25) is 0 Å². The molecule has 234 valence electrons. The predicted octanol–water partition coefficient (Wildman–Crippen LogP) is 11.1. The fourth-order valence-corrected chi connectivity index (χ4v) is 7.37. The van der Waals surface area contributed by atoms with E-state index in [2.05, 4.69) is 149 Å². The maximum atomic E-state index is 5.27. The average molecular weight is 640 g/mol. The standard InChI is InChI=1S/C45H29N5/c1-4-14-30(15-5-1)38-29-42(48-45(47-38)31-16-6-2-7-17-31)50-39-23-11-10-20-35(39)36-22-12-21-34(44(36)50)32-25-26-40-37(28-32)43-41(24-13-27-46-43)49(40)33-18-8-3-9-19-33/h1-29H. The van der Waals surface area contributed by atoms with Crippen LogP contribution in [-0.4, -0.2) is 24.1 Å². The van der Waals surface area contributed by atoms with Gasteiger partial charge in [0.25, 0.3) is 0 Å². The second-order valence-electron chi connectivity index (χ2n) is 12.5. The van der Waals surface area contributed by atoms with Gasteiger partial charge in [-0.15, -0.1) is 0 Å². The molecule has 0 aliphatic heterocycles. The minimum atomic E-state index is 0.687. The second kappa shape index (κ2) is 11.4. The van der Waals surface area contributed by atoms with Crippen molar-refractivity contribution in [1.29, 1.82) is 0 Å². The predicted molar refractivity (Wildman–Crippen MR) is 205 cm³/mol. The number of hydrogen-bond acceptors (Lipinski definition) is 3. The molecule has 0 bridgehead atoms. The molecule has 4 heterocycles. The van der Waals surface area contributed by atoms with Crippen LogP contribution in [0, 0.1) is 0 Å². The topological polar surface area (TPSA) is 48.5 Å². The molecule has 0 saturated heterocycles. The smallest absolute Gasteiger partial charge is 0.162 e. The summed E-state index contributed by atoms with van der Waals surface area (Å²) < 4.78 is 4.62. The van der Waals surface area contributed by atoms with E-state index in [-0.39, 0.29) is 0 Å². The molecule has 0 unspecified atom stereocenters. The van der Waals surface area contributed by atoms with Crippen LogP contribution in [0.5, 0.6) is 0 Å². The van der Waals surface area contributed by atoms with Gasteiger partial charge in [0.1, 0.15) is 5.82 Å². The number of pyridine rings is 1. The zero-order valence-corrected chi connectivity index (χ0v) is 27.0. The Kier molecular flexibility index (Phi) is 6.42. The lowest BCUT2D eigenvalue weighted by Crippen LogP contribution is -2.03.